The van der Waals surface area contributed by atoms with E-state index in [0.717, 1.165) is 6.21 Å². The van der Waals surface area contributed by atoms with Crippen molar-refractivity contribution in [2.45, 2.75) is 88.0 Å². The molecule has 0 amide bonds. The van der Waals surface area contributed by atoms with Gasteiger partial charge in [0.15, 0.2) is 18.4 Å². The van der Waals surface area contributed by atoms with Crippen molar-refractivity contribution in [3.63, 3.8) is 0 Å². The zero-order chi connectivity index (χ0) is 25.4. The molecule has 0 radical (unpaired) electrons. The Morgan fingerprint density at radius 1 is 0.971 bits per heavy atom. The van der Waals surface area contributed by atoms with Crippen LogP contribution in [0.5, 0.6) is 0 Å². The van der Waals surface area contributed by atoms with E-state index in [4.69, 9.17) is 14.2 Å². The van der Waals surface area contributed by atoms with Gasteiger partial charge >= 0.3 is 0 Å². The molecule has 1 aliphatic carbocycles. The Kier molecular flexibility index (Phi) is 8.46. The second kappa shape index (κ2) is 10.6. The SMILES string of the molecule is CC1(C)CC(=O)C(C=N[C@@H]2[C@@H](O)[C@H](O[C@@H]3O[C@H](CO)[C@H](O)[C@H](O)[C@H]3O)[C@@H](CO)O[C@@H]2O)=C(O)C1. The van der Waals surface area contributed by atoms with Crippen LogP contribution in [0.15, 0.2) is 16.3 Å². The second-order valence-electron chi connectivity index (χ2n) is 9.61. The first-order valence-electron chi connectivity index (χ1n) is 11.0. The summed E-state index contributed by atoms with van der Waals surface area (Å²) in [5.41, 5.74) is -0.487. The van der Waals surface area contributed by atoms with E-state index in [1.165, 1.54) is 0 Å². The fraction of sp³-hybridized carbons (Fsp3) is 0.810. The van der Waals surface area contributed by atoms with Crippen LogP contribution in [0, 0.1) is 5.41 Å². The lowest BCUT2D eigenvalue weighted by molar-refractivity contribution is -0.344. The van der Waals surface area contributed by atoms with Crippen molar-refractivity contribution in [2.75, 3.05) is 13.2 Å². The third-order valence-electron chi connectivity index (χ3n) is 6.25. The molecule has 3 rings (SSSR count). The largest absolute Gasteiger partial charge is 0.511 e. The number of carbonyl (C=O) groups excluding carboxylic acids is 1. The lowest BCUT2D eigenvalue weighted by atomic mass is 9.77. The molecule has 2 saturated heterocycles. The highest BCUT2D eigenvalue weighted by molar-refractivity contribution is 6.14. The molecule has 13 heteroatoms. The molecule has 0 aromatic carbocycles. The third-order valence-corrected chi connectivity index (χ3v) is 6.25. The molecular formula is C21H33NO12. The van der Waals surface area contributed by atoms with Crippen molar-refractivity contribution in [1.82, 2.24) is 0 Å². The quantitative estimate of drug-likeness (QED) is 0.173. The molecule has 194 valence electrons. The first kappa shape index (κ1) is 27.1. The monoisotopic (exact) mass is 491 g/mol. The minimum Gasteiger partial charge on any atom is -0.511 e. The van der Waals surface area contributed by atoms with Gasteiger partial charge in [0.25, 0.3) is 0 Å². The third kappa shape index (κ3) is 5.49. The van der Waals surface area contributed by atoms with E-state index in [1.54, 1.807) is 0 Å². The maximum atomic E-state index is 12.4. The van der Waals surface area contributed by atoms with Crippen LogP contribution in [-0.2, 0) is 19.0 Å². The molecule has 13 nitrogen and oxygen atoms in total. The summed E-state index contributed by atoms with van der Waals surface area (Å²) in [4.78, 5) is 16.4. The van der Waals surface area contributed by atoms with E-state index < -0.39 is 80.0 Å². The van der Waals surface area contributed by atoms with Gasteiger partial charge in [-0.2, -0.15) is 0 Å². The van der Waals surface area contributed by atoms with Gasteiger partial charge in [-0.15, -0.1) is 0 Å². The molecule has 0 saturated carbocycles. The molecule has 3 aliphatic rings. The molecule has 10 atom stereocenters. The van der Waals surface area contributed by atoms with Crippen LogP contribution in [0.4, 0.5) is 0 Å². The number of hydrogen-bond acceptors (Lipinski definition) is 13. The molecule has 34 heavy (non-hydrogen) atoms. The Bertz CT molecular complexity index is 799. The van der Waals surface area contributed by atoms with Crippen molar-refractivity contribution < 1.29 is 59.9 Å². The Morgan fingerprint density at radius 2 is 1.62 bits per heavy atom. The van der Waals surface area contributed by atoms with Gasteiger partial charge in [0.1, 0.15) is 54.5 Å². The molecule has 2 fully saturated rings. The van der Waals surface area contributed by atoms with Gasteiger partial charge in [-0.1, -0.05) is 13.8 Å². The van der Waals surface area contributed by atoms with E-state index in [2.05, 4.69) is 4.99 Å². The zero-order valence-corrected chi connectivity index (χ0v) is 18.8. The lowest BCUT2D eigenvalue weighted by Crippen LogP contribution is -2.64. The van der Waals surface area contributed by atoms with Crippen LogP contribution in [0.2, 0.25) is 0 Å². The van der Waals surface area contributed by atoms with Crippen LogP contribution in [0.1, 0.15) is 26.7 Å². The van der Waals surface area contributed by atoms with Crippen LogP contribution in [0.3, 0.4) is 0 Å². The molecule has 0 unspecified atom stereocenters. The van der Waals surface area contributed by atoms with Crippen LogP contribution >= 0.6 is 0 Å². The Morgan fingerprint density at radius 3 is 2.21 bits per heavy atom. The first-order chi connectivity index (χ1) is 15.9. The number of aliphatic hydroxyl groups is 8. The minimum absolute atomic E-state index is 0.0607. The van der Waals surface area contributed by atoms with Gasteiger partial charge in [-0.05, 0) is 5.41 Å². The molecular weight excluding hydrogens is 458 g/mol. The minimum atomic E-state index is -1.77. The molecule has 2 heterocycles. The zero-order valence-electron chi connectivity index (χ0n) is 18.8. The summed E-state index contributed by atoms with van der Waals surface area (Å²) < 4.78 is 16.1. The highest BCUT2D eigenvalue weighted by atomic mass is 16.7. The number of ether oxygens (including phenoxy) is 3. The molecule has 0 spiro atoms. The van der Waals surface area contributed by atoms with Crippen molar-refractivity contribution >= 4 is 12.0 Å². The van der Waals surface area contributed by atoms with Gasteiger partial charge in [-0.25, -0.2) is 0 Å². The van der Waals surface area contributed by atoms with E-state index >= 15 is 0 Å². The Hall–Kier alpha value is -1.52. The number of ketones is 1. The number of hydrogen-bond donors (Lipinski definition) is 8. The van der Waals surface area contributed by atoms with Crippen molar-refractivity contribution in [2.24, 2.45) is 10.4 Å². The Labute approximate surface area is 195 Å². The summed E-state index contributed by atoms with van der Waals surface area (Å²) in [5, 5.41) is 80.5. The highest BCUT2D eigenvalue weighted by Gasteiger charge is 2.50. The number of aliphatic imine (C=N–C) groups is 1. The van der Waals surface area contributed by atoms with Gasteiger partial charge in [0, 0.05) is 19.1 Å². The topological polar surface area (TPSA) is 219 Å². The summed E-state index contributed by atoms with van der Waals surface area (Å²) in [6, 6.07) is -1.42. The normalized spacial score (nSPS) is 43.5. The average molecular weight is 491 g/mol. The molecule has 0 aromatic heterocycles. The van der Waals surface area contributed by atoms with E-state index in [0.29, 0.717) is 0 Å². The molecule has 0 bridgehead atoms. The summed E-state index contributed by atoms with van der Waals surface area (Å²) in [6.45, 7) is 2.24. The predicted octanol–water partition coefficient (Wildman–Crippen LogP) is -3.12. The number of nitrogens with zero attached hydrogens (tertiary/aromatic N) is 1. The van der Waals surface area contributed by atoms with Gasteiger partial charge < -0.3 is 55.1 Å². The fourth-order valence-electron chi connectivity index (χ4n) is 4.34. The lowest BCUT2D eigenvalue weighted by Gasteiger charge is -2.45. The summed E-state index contributed by atoms with van der Waals surface area (Å²) in [5.74, 6) is -0.534. The second-order valence-corrected chi connectivity index (χ2v) is 9.61. The van der Waals surface area contributed by atoms with Crippen LogP contribution < -0.4 is 0 Å². The maximum absolute atomic E-state index is 12.4. The van der Waals surface area contributed by atoms with Gasteiger partial charge in [-0.3, -0.25) is 9.79 Å². The van der Waals surface area contributed by atoms with E-state index in [1.807, 2.05) is 13.8 Å². The average Bonchev–Trinajstić information content (AvgIpc) is 2.75. The summed E-state index contributed by atoms with van der Waals surface area (Å²) in [6.07, 6.45) is -12.7. The predicted molar refractivity (Wildman–Crippen MR) is 113 cm³/mol. The van der Waals surface area contributed by atoms with E-state index in [9.17, 15) is 45.6 Å². The number of allylic oxidation sites excluding steroid dienone is 2. The first-order valence-corrected chi connectivity index (χ1v) is 11.0. The fourth-order valence-corrected chi connectivity index (χ4v) is 4.34. The van der Waals surface area contributed by atoms with Crippen LogP contribution in [0.25, 0.3) is 0 Å². The molecule has 2 aliphatic heterocycles. The van der Waals surface area contributed by atoms with Crippen molar-refractivity contribution in [3.05, 3.63) is 11.3 Å². The van der Waals surface area contributed by atoms with Gasteiger partial charge in [0.2, 0.25) is 0 Å². The molecule has 0 aromatic rings. The number of rotatable bonds is 6. The molecule has 8 N–H and O–H groups in total. The smallest absolute Gasteiger partial charge is 0.187 e. The van der Waals surface area contributed by atoms with Crippen molar-refractivity contribution in [3.8, 4) is 0 Å². The standard InChI is InChI=1S/C21H33NO12/c1-21(2)3-9(25)8(10(26)4-21)5-22-13-15(28)18(12(7-24)32-19(13)31)34-20-17(30)16(29)14(27)11(6-23)33-20/h5,11-20,23-25,27-31H,3-4,6-7H2,1-2H3/t11-,12-,13-,14+,15-,16+,17-,18-,19+,20+/m1/s1. The number of aliphatic hydroxyl groups excluding tert-OH is 8. The van der Waals surface area contributed by atoms with Gasteiger partial charge in [0.05, 0.1) is 18.8 Å². The number of Topliss-reactive ketones (excluding diaryl/α,β-unsaturated/α-hetero) is 1. The van der Waals surface area contributed by atoms with Crippen LogP contribution in [-0.4, -0.2) is 127 Å². The van der Waals surface area contributed by atoms with E-state index in [-0.39, 0.29) is 30.0 Å². The summed E-state index contributed by atoms with van der Waals surface area (Å²) >= 11 is 0. The maximum Gasteiger partial charge on any atom is 0.187 e. The highest BCUT2D eigenvalue weighted by Crippen LogP contribution is 2.35. The number of carbonyl (C=O) groups is 1. The Balaban J connectivity index is 1.80. The van der Waals surface area contributed by atoms with Crippen molar-refractivity contribution in [1.29, 1.82) is 0 Å². The summed E-state index contributed by atoms with van der Waals surface area (Å²) in [7, 11) is 0.